The third-order valence-electron chi connectivity index (χ3n) is 12.3. The van der Waals surface area contributed by atoms with Crippen LogP contribution < -0.4 is 11.4 Å². The summed E-state index contributed by atoms with van der Waals surface area (Å²) >= 11 is 0. The maximum atomic E-state index is 13.9. The molecular weight excluding hydrogens is 968 g/mol. The number of nitrogen functional groups attached to an aromatic ring is 1. The number of hydrogen-bond acceptors (Lipinski definition) is 18. The van der Waals surface area contributed by atoms with Crippen molar-refractivity contribution in [3.05, 3.63) is 47.1 Å². The normalized spacial score (nSPS) is 29.5. The van der Waals surface area contributed by atoms with E-state index in [0.29, 0.717) is 19.3 Å². The van der Waals surface area contributed by atoms with Gasteiger partial charge in [-0.2, -0.15) is 9.29 Å². The maximum absolute atomic E-state index is 13.9. The number of rotatable bonds is 22. The van der Waals surface area contributed by atoms with Crippen LogP contribution in [0.4, 0.5) is 5.82 Å². The fourth-order valence-corrected chi connectivity index (χ4v) is 10.4. The van der Waals surface area contributed by atoms with Gasteiger partial charge >= 0.3 is 33.3 Å². The van der Waals surface area contributed by atoms with Gasteiger partial charge in [0.05, 0.1) is 37.4 Å². The summed E-state index contributed by atoms with van der Waals surface area (Å²) in [5.41, 5.74) is 4.74. The van der Waals surface area contributed by atoms with E-state index in [1.807, 2.05) is 6.92 Å². The first kappa shape index (κ1) is 62.1. The van der Waals surface area contributed by atoms with Crippen LogP contribution in [-0.4, -0.2) is 114 Å². The molecule has 11 atom stereocenters. The fourth-order valence-electron chi connectivity index (χ4n) is 8.25. The molecule has 71 heavy (non-hydrogen) atoms. The lowest BCUT2D eigenvalue weighted by atomic mass is 9.83. The minimum Gasteiger partial charge on any atom is -0.462 e. The number of aromatic nitrogens is 2. The number of Topliss-reactive ketones (excluding diaryl/α,β-unsaturated/α-hetero) is 1. The van der Waals surface area contributed by atoms with Crippen molar-refractivity contribution in [2.75, 3.05) is 25.6 Å². The average Bonchev–Trinajstić information content (AvgIpc) is 3.29. The smallest absolute Gasteiger partial charge is 0.462 e. The van der Waals surface area contributed by atoms with Crippen molar-refractivity contribution >= 4 is 39.2 Å². The zero-order valence-corrected chi connectivity index (χ0v) is 43.4. The molecule has 23 heteroatoms. The van der Waals surface area contributed by atoms with Gasteiger partial charge in [-0.25, -0.2) is 13.9 Å². The summed E-state index contributed by atoms with van der Waals surface area (Å²) in [6, 6.07) is 1.23. The van der Waals surface area contributed by atoms with E-state index in [4.69, 9.17) is 29.0 Å². The molecule has 0 aliphatic carbocycles. The number of esters is 2. The minimum absolute atomic E-state index is 0.0783. The number of aliphatic hydroxyl groups is 4. The van der Waals surface area contributed by atoms with Crippen LogP contribution in [0.3, 0.4) is 0 Å². The van der Waals surface area contributed by atoms with Crippen LogP contribution in [0.2, 0.25) is 0 Å². The number of unbranched alkanes of at least 4 members (excludes halogenated alkanes) is 11. The van der Waals surface area contributed by atoms with E-state index in [9.17, 15) is 58.5 Å². The number of nitrogens with zero attached hydrogens (tertiary/aromatic N) is 2. The first-order valence-electron chi connectivity index (χ1n) is 25.3. The van der Waals surface area contributed by atoms with Crippen molar-refractivity contribution in [2.45, 2.75) is 198 Å². The van der Waals surface area contributed by atoms with Crippen LogP contribution >= 0.6 is 15.6 Å². The summed E-state index contributed by atoms with van der Waals surface area (Å²) in [6.45, 7) is 3.71. The molecule has 0 amide bonds. The molecule has 406 valence electrons. The van der Waals surface area contributed by atoms with E-state index in [1.54, 1.807) is 12.2 Å². The lowest BCUT2D eigenvalue weighted by Gasteiger charge is -2.39. The number of phosphoric ester groups is 2. The SMILES string of the molecule is CCCCC[C@H](O)/C=C/[C@H]1C(=O)C[C@H](O)[C@@H]2CC=CCCCC(=O)O[C@H](COC(=O)CCCCCCCCCCCCC(C)C)COP(=O)(O)OP(=O)(O)OC[C@@H](O[C@H]2n2ccc(N)nc2=O)[C@@H](O)[C@H]1O. The molecule has 2 bridgehead atoms. The number of anilines is 1. The number of phosphoric acid groups is 2. The summed E-state index contributed by atoms with van der Waals surface area (Å²) in [4.78, 5) is 77.9. The molecule has 0 radical (unpaired) electrons. The summed E-state index contributed by atoms with van der Waals surface area (Å²) in [5.74, 6) is -4.46. The number of ketones is 1. The summed E-state index contributed by atoms with van der Waals surface area (Å²) in [6.07, 6.45) is 9.07. The zero-order chi connectivity index (χ0) is 52.4. The first-order chi connectivity index (χ1) is 33.7. The van der Waals surface area contributed by atoms with E-state index in [1.165, 1.54) is 56.7 Å². The second-order valence-electron chi connectivity index (χ2n) is 18.9. The average molecular weight is 1050 g/mol. The van der Waals surface area contributed by atoms with Gasteiger partial charge in [0, 0.05) is 31.4 Å². The Morgan fingerprint density at radius 1 is 0.901 bits per heavy atom. The van der Waals surface area contributed by atoms with E-state index < -0.39 is 120 Å². The van der Waals surface area contributed by atoms with Crippen LogP contribution in [0, 0.1) is 17.8 Å². The molecule has 2 aliphatic heterocycles. The molecule has 0 spiro atoms. The highest BCUT2D eigenvalue weighted by atomic mass is 31.3. The number of cyclic esters (lactones) is 1. The predicted molar refractivity (Wildman–Crippen MR) is 262 cm³/mol. The number of fused-ring (bicyclic) bond motifs is 3. The van der Waals surface area contributed by atoms with E-state index in [0.717, 1.165) is 55.2 Å². The molecule has 3 rings (SSSR count). The van der Waals surface area contributed by atoms with Gasteiger partial charge in [0.25, 0.3) is 0 Å². The molecular formula is C48H81N3O18P2. The minimum atomic E-state index is -5.72. The molecule has 1 saturated heterocycles. The van der Waals surface area contributed by atoms with E-state index >= 15 is 0 Å². The second-order valence-corrected chi connectivity index (χ2v) is 22.0. The molecule has 2 aliphatic rings. The van der Waals surface area contributed by atoms with Gasteiger partial charge in [0.15, 0.2) is 6.10 Å². The Labute approximate surface area is 417 Å². The summed E-state index contributed by atoms with van der Waals surface area (Å²) in [5, 5.41) is 45.6. The highest BCUT2D eigenvalue weighted by molar-refractivity contribution is 7.61. The van der Waals surface area contributed by atoms with Gasteiger partial charge in [-0.1, -0.05) is 129 Å². The highest BCUT2D eigenvalue weighted by Gasteiger charge is 2.45. The number of allylic oxidation sites excluding steroid dienone is 2. The second kappa shape index (κ2) is 32.9. The Kier molecular flexibility index (Phi) is 28.8. The summed E-state index contributed by atoms with van der Waals surface area (Å²) < 4.78 is 58.8. The van der Waals surface area contributed by atoms with Crippen LogP contribution in [0.25, 0.3) is 0 Å². The van der Waals surface area contributed by atoms with E-state index in [-0.39, 0.29) is 37.9 Å². The first-order valence-corrected chi connectivity index (χ1v) is 28.3. The number of ether oxygens (including phenoxy) is 3. The Morgan fingerprint density at radius 2 is 1.54 bits per heavy atom. The zero-order valence-electron chi connectivity index (χ0n) is 41.7. The summed E-state index contributed by atoms with van der Waals surface area (Å²) in [7, 11) is -11.3. The number of carbonyl (C=O) groups excluding carboxylic acids is 3. The standard InChI is InChI=1S/C48H81N3O18P2/c1-4-5-16-22-35(52)26-27-37-39(53)30-40(54)38-23-18-14-15-20-25-44(56)67-36(31-64-43(55)24-19-13-11-9-7-6-8-10-12-17-21-34(2)3)32-65-70(60,61)69-71(62,63)66-33-41(46(58)45(37)57)68-47(38)51-29-28-42(49)50-48(51)59/h14,18,26-29,34-38,40-41,45-47,52,54,57-58H,4-13,15-17,19-25,30-33H2,1-3H3,(H,60,61)(H,62,63)(H2,49,50,59)/b18-14?,27-26+/t35-,36+,37-,38-,40-,41+,45-,46+,47+/m0/s1. The van der Waals surface area contributed by atoms with Crippen molar-refractivity contribution in [3.8, 4) is 0 Å². The molecule has 3 heterocycles. The molecule has 1 fully saturated rings. The van der Waals surface area contributed by atoms with Crippen molar-refractivity contribution in [3.63, 3.8) is 0 Å². The Balaban J connectivity index is 1.82. The van der Waals surface area contributed by atoms with Crippen molar-refractivity contribution in [1.82, 2.24) is 9.55 Å². The van der Waals surface area contributed by atoms with Crippen LogP contribution in [-0.2, 0) is 51.1 Å². The maximum Gasteiger partial charge on any atom is 0.481 e. The third-order valence-corrected chi connectivity index (χ3v) is 14.9. The number of aliphatic hydroxyl groups excluding tert-OH is 4. The number of hydrogen-bond donors (Lipinski definition) is 7. The Hall–Kier alpha value is -3.17. The van der Waals surface area contributed by atoms with Gasteiger partial charge in [0.2, 0.25) is 0 Å². The largest absolute Gasteiger partial charge is 0.481 e. The molecule has 8 N–H and O–H groups in total. The predicted octanol–water partition coefficient (Wildman–Crippen LogP) is 6.67. The van der Waals surface area contributed by atoms with E-state index in [2.05, 4.69) is 23.1 Å². The topological polar surface area (TPSA) is 323 Å². The number of nitrogens with two attached hydrogens (primary N) is 1. The Bertz CT molecular complexity index is 1970. The number of carbonyl (C=O) groups is 3. The van der Waals surface area contributed by atoms with Gasteiger partial charge in [-0.3, -0.25) is 28.0 Å². The lowest BCUT2D eigenvalue weighted by molar-refractivity contribution is -0.186. The molecule has 21 nitrogen and oxygen atoms in total. The fraction of sp³-hybridized carbons (Fsp3) is 0.771. The van der Waals surface area contributed by atoms with Crippen molar-refractivity contribution in [1.29, 1.82) is 0 Å². The molecule has 0 aromatic carbocycles. The van der Waals surface area contributed by atoms with Gasteiger partial charge in [-0.15, -0.1) is 0 Å². The monoisotopic (exact) mass is 1050 g/mol. The van der Waals surface area contributed by atoms with Crippen LogP contribution in [0.1, 0.15) is 162 Å². The molecule has 1 aromatic rings. The quantitative estimate of drug-likeness (QED) is 0.0276. The van der Waals surface area contributed by atoms with Crippen LogP contribution in [0.15, 0.2) is 41.4 Å². The molecule has 1 aromatic heterocycles. The molecule has 0 saturated carbocycles. The van der Waals surface area contributed by atoms with Crippen LogP contribution in [0.5, 0.6) is 0 Å². The van der Waals surface area contributed by atoms with Crippen molar-refractivity contribution < 1.29 is 81.3 Å². The Morgan fingerprint density at radius 3 is 2.18 bits per heavy atom. The third kappa shape index (κ3) is 24.6. The van der Waals surface area contributed by atoms with Gasteiger partial charge in [-0.05, 0) is 44.1 Å². The van der Waals surface area contributed by atoms with Gasteiger partial charge in [0.1, 0.15) is 36.6 Å². The molecule has 2 unspecified atom stereocenters. The lowest BCUT2D eigenvalue weighted by Crippen LogP contribution is -2.51. The van der Waals surface area contributed by atoms with Gasteiger partial charge < -0.3 is 50.2 Å². The van der Waals surface area contributed by atoms with Crippen molar-refractivity contribution in [2.24, 2.45) is 17.8 Å². The highest BCUT2D eigenvalue weighted by Crippen LogP contribution is 2.60.